The Labute approximate surface area is 214 Å². The van der Waals surface area contributed by atoms with Gasteiger partial charge in [0.2, 0.25) is 5.91 Å². The van der Waals surface area contributed by atoms with Crippen LogP contribution in [-0.4, -0.2) is 22.6 Å². The van der Waals surface area contributed by atoms with E-state index in [9.17, 15) is 14.9 Å². The number of aliphatic imine (C=N–C) groups is 1. The highest BCUT2D eigenvalue weighted by molar-refractivity contribution is 8.14. The first kappa shape index (κ1) is 25.0. The number of amides is 2. The van der Waals surface area contributed by atoms with Crippen LogP contribution in [-0.2, 0) is 16.0 Å². The third-order valence-electron chi connectivity index (χ3n) is 5.87. The number of anilines is 2. The van der Waals surface area contributed by atoms with Crippen molar-refractivity contribution in [3.8, 4) is 6.07 Å². The Hall–Kier alpha value is -4.09. The summed E-state index contributed by atoms with van der Waals surface area (Å²) in [5, 5.41) is 16.5. The summed E-state index contributed by atoms with van der Waals surface area (Å²) in [4.78, 5) is 30.6. The molecule has 0 spiro atoms. The maximum atomic E-state index is 13.3. The van der Waals surface area contributed by atoms with Gasteiger partial charge in [-0.25, -0.2) is 4.99 Å². The molecule has 0 saturated carbocycles. The second kappa shape index (κ2) is 11.6. The SMILES string of the molecule is CCc1ccccc1NC(=O)CSC1=NC(C)=C(C(=O)Nc2ccccc2)[C@H](c2ccco2)C1C#N. The van der Waals surface area contributed by atoms with E-state index in [1.54, 1.807) is 31.2 Å². The minimum absolute atomic E-state index is 0.0821. The van der Waals surface area contributed by atoms with Gasteiger partial charge in [-0.2, -0.15) is 5.26 Å². The first-order valence-corrected chi connectivity index (χ1v) is 12.6. The molecule has 2 amide bonds. The van der Waals surface area contributed by atoms with Gasteiger partial charge in [0.05, 0.1) is 34.6 Å². The standard InChI is InChI=1S/C28H26N4O3S/c1-3-19-10-7-8-13-22(19)32-24(33)17-36-28-21(16-29)26(23-14-9-15-35-23)25(18(2)30-28)27(34)31-20-11-5-4-6-12-20/h4-15,21,26H,3,17H2,1-2H3,(H,31,34)(H,32,33)/t21?,26-/m0/s1. The maximum Gasteiger partial charge on any atom is 0.254 e. The van der Waals surface area contributed by atoms with Gasteiger partial charge in [-0.15, -0.1) is 0 Å². The molecule has 2 N–H and O–H groups in total. The number of nitriles is 1. The first-order valence-electron chi connectivity index (χ1n) is 11.6. The summed E-state index contributed by atoms with van der Waals surface area (Å²) in [5.41, 5.74) is 3.31. The van der Waals surface area contributed by atoms with Crippen LogP contribution in [0.15, 0.2) is 93.7 Å². The number of allylic oxidation sites excluding steroid dienone is 1. The second-order valence-electron chi connectivity index (χ2n) is 8.22. The number of thioether (sulfide) groups is 1. The van der Waals surface area contributed by atoms with E-state index in [4.69, 9.17) is 4.42 Å². The van der Waals surface area contributed by atoms with Gasteiger partial charge in [0.15, 0.2) is 0 Å². The molecule has 2 atom stereocenters. The molecule has 8 heteroatoms. The van der Waals surface area contributed by atoms with Gasteiger partial charge in [-0.1, -0.05) is 55.1 Å². The number of hydrogen-bond donors (Lipinski definition) is 2. The molecule has 0 saturated heterocycles. The fourth-order valence-corrected chi connectivity index (χ4v) is 5.08. The Morgan fingerprint density at radius 1 is 1.06 bits per heavy atom. The van der Waals surface area contributed by atoms with Crippen LogP contribution in [0.25, 0.3) is 0 Å². The molecule has 182 valence electrons. The summed E-state index contributed by atoms with van der Waals surface area (Å²) < 4.78 is 5.65. The monoisotopic (exact) mass is 498 g/mol. The minimum atomic E-state index is -0.780. The average molecular weight is 499 g/mol. The maximum absolute atomic E-state index is 13.3. The highest BCUT2D eigenvalue weighted by Crippen LogP contribution is 2.41. The van der Waals surface area contributed by atoms with E-state index < -0.39 is 11.8 Å². The van der Waals surface area contributed by atoms with Crippen LogP contribution in [0.3, 0.4) is 0 Å². The van der Waals surface area contributed by atoms with Crippen LogP contribution in [0.5, 0.6) is 0 Å². The number of carbonyl (C=O) groups is 2. The first-order chi connectivity index (χ1) is 17.5. The summed E-state index contributed by atoms with van der Waals surface area (Å²) in [7, 11) is 0. The molecule has 1 aromatic heterocycles. The van der Waals surface area contributed by atoms with Crippen LogP contribution in [0.1, 0.15) is 31.1 Å². The van der Waals surface area contributed by atoms with Crippen molar-refractivity contribution in [1.82, 2.24) is 0 Å². The second-order valence-corrected chi connectivity index (χ2v) is 9.21. The van der Waals surface area contributed by atoms with E-state index >= 15 is 0 Å². The van der Waals surface area contributed by atoms with E-state index in [1.807, 2.05) is 49.4 Å². The number of nitrogens with one attached hydrogen (secondary N) is 2. The lowest BCUT2D eigenvalue weighted by Gasteiger charge is -2.28. The molecule has 0 aliphatic carbocycles. The normalized spacial score (nSPS) is 17.2. The predicted octanol–water partition coefficient (Wildman–Crippen LogP) is 5.76. The summed E-state index contributed by atoms with van der Waals surface area (Å²) in [6.45, 7) is 3.77. The van der Waals surface area contributed by atoms with Crippen LogP contribution in [0.2, 0.25) is 0 Å². The van der Waals surface area contributed by atoms with Crippen molar-refractivity contribution in [3.05, 3.63) is 95.6 Å². The van der Waals surface area contributed by atoms with Gasteiger partial charge in [0.1, 0.15) is 11.7 Å². The van der Waals surface area contributed by atoms with Gasteiger partial charge in [0.25, 0.3) is 5.91 Å². The van der Waals surface area contributed by atoms with Crippen molar-refractivity contribution in [2.24, 2.45) is 10.9 Å². The summed E-state index contributed by atoms with van der Waals surface area (Å²) in [5.74, 6) is -1.40. The zero-order valence-corrected chi connectivity index (χ0v) is 20.8. The van der Waals surface area contributed by atoms with Crippen molar-refractivity contribution < 1.29 is 14.0 Å². The Kier molecular flexibility index (Phi) is 8.03. The number of benzene rings is 2. The van der Waals surface area contributed by atoms with Crippen molar-refractivity contribution in [3.63, 3.8) is 0 Å². The molecular weight excluding hydrogens is 472 g/mol. The molecule has 2 aromatic carbocycles. The molecule has 0 bridgehead atoms. The van der Waals surface area contributed by atoms with Crippen molar-refractivity contribution in [2.75, 3.05) is 16.4 Å². The van der Waals surface area contributed by atoms with E-state index in [2.05, 4.69) is 21.7 Å². The van der Waals surface area contributed by atoms with Crippen LogP contribution in [0, 0.1) is 17.2 Å². The van der Waals surface area contributed by atoms with Crippen LogP contribution in [0.4, 0.5) is 11.4 Å². The van der Waals surface area contributed by atoms with Gasteiger partial charge in [-0.05, 0) is 49.2 Å². The molecular formula is C28H26N4O3S. The molecule has 1 aliphatic rings. The minimum Gasteiger partial charge on any atom is -0.469 e. The predicted molar refractivity (Wildman–Crippen MR) is 143 cm³/mol. The Bertz CT molecular complexity index is 1340. The molecule has 0 fully saturated rings. The number of carbonyl (C=O) groups excluding carboxylic acids is 2. The van der Waals surface area contributed by atoms with Crippen molar-refractivity contribution >= 4 is 40.0 Å². The topological polar surface area (TPSA) is 107 Å². The summed E-state index contributed by atoms with van der Waals surface area (Å²) in [6.07, 6.45) is 2.32. The molecule has 0 radical (unpaired) electrons. The smallest absolute Gasteiger partial charge is 0.254 e. The van der Waals surface area contributed by atoms with Crippen LogP contribution < -0.4 is 10.6 Å². The lowest BCUT2D eigenvalue weighted by Crippen LogP contribution is -2.31. The van der Waals surface area contributed by atoms with Gasteiger partial charge < -0.3 is 15.1 Å². The molecule has 2 heterocycles. The van der Waals surface area contributed by atoms with Crippen LogP contribution >= 0.6 is 11.8 Å². The zero-order chi connectivity index (χ0) is 25.5. The largest absolute Gasteiger partial charge is 0.469 e. The van der Waals surface area contributed by atoms with E-state index in [-0.39, 0.29) is 17.6 Å². The van der Waals surface area contributed by atoms with E-state index in [0.29, 0.717) is 27.8 Å². The number of nitrogens with zero attached hydrogens (tertiary/aromatic N) is 2. The lowest BCUT2D eigenvalue weighted by atomic mass is 9.81. The molecule has 1 unspecified atom stereocenters. The number of furan rings is 1. The van der Waals surface area contributed by atoms with Crippen molar-refractivity contribution in [1.29, 1.82) is 5.26 Å². The molecule has 1 aliphatic heterocycles. The molecule has 3 aromatic rings. The van der Waals surface area contributed by atoms with Gasteiger partial charge in [-0.3, -0.25) is 9.59 Å². The fraction of sp³-hybridized carbons (Fsp3) is 0.214. The number of rotatable bonds is 7. The third kappa shape index (κ3) is 5.58. The number of para-hydroxylation sites is 2. The third-order valence-corrected chi connectivity index (χ3v) is 6.91. The summed E-state index contributed by atoms with van der Waals surface area (Å²) in [6, 6.07) is 22.5. The number of hydrogen-bond acceptors (Lipinski definition) is 6. The summed E-state index contributed by atoms with van der Waals surface area (Å²) >= 11 is 1.20. The Balaban J connectivity index is 1.58. The fourth-order valence-electron chi connectivity index (χ4n) is 4.16. The molecule has 7 nitrogen and oxygen atoms in total. The Morgan fingerprint density at radius 2 is 1.81 bits per heavy atom. The van der Waals surface area contributed by atoms with E-state index in [1.165, 1.54) is 18.0 Å². The number of aryl methyl sites for hydroxylation is 1. The van der Waals surface area contributed by atoms with Gasteiger partial charge in [0, 0.05) is 17.1 Å². The van der Waals surface area contributed by atoms with Crippen molar-refractivity contribution in [2.45, 2.75) is 26.2 Å². The molecule has 4 rings (SSSR count). The lowest BCUT2D eigenvalue weighted by molar-refractivity contribution is -0.114. The van der Waals surface area contributed by atoms with Gasteiger partial charge >= 0.3 is 0 Å². The Morgan fingerprint density at radius 3 is 2.50 bits per heavy atom. The average Bonchev–Trinajstić information content (AvgIpc) is 3.42. The quantitative estimate of drug-likeness (QED) is 0.430. The zero-order valence-electron chi connectivity index (χ0n) is 20.0. The highest BCUT2D eigenvalue weighted by Gasteiger charge is 2.40. The van der Waals surface area contributed by atoms with E-state index in [0.717, 1.165) is 17.7 Å². The molecule has 36 heavy (non-hydrogen) atoms. The highest BCUT2D eigenvalue weighted by atomic mass is 32.2.